The molecule has 112 valence electrons. The zero-order valence-electron chi connectivity index (χ0n) is 11.8. The SMILES string of the molecule is COc1ccc(Cl)cc1CC(CCl)Cc1cccc(F)c1. The van der Waals surface area contributed by atoms with Crippen molar-refractivity contribution in [2.45, 2.75) is 12.8 Å². The first-order valence-corrected chi connectivity index (χ1v) is 7.66. The Kier molecular flexibility index (Phi) is 5.89. The van der Waals surface area contributed by atoms with Gasteiger partial charge in [-0.1, -0.05) is 23.7 Å². The van der Waals surface area contributed by atoms with Crippen LogP contribution in [0.3, 0.4) is 0 Å². The highest BCUT2D eigenvalue weighted by Crippen LogP contribution is 2.27. The Labute approximate surface area is 134 Å². The van der Waals surface area contributed by atoms with Crippen LogP contribution in [0.5, 0.6) is 5.75 Å². The quantitative estimate of drug-likeness (QED) is 0.669. The topological polar surface area (TPSA) is 9.23 Å². The van der Waals surface area contributed by atoms with Crippen LogP contribution in [-0.2, 0) is 12.8 Å². The number of hydrogen-bond donors (Lipinski definition) is 0. The molecule has 2 aromatic carbocycles. The summed E-state index contributed by atoms with van der Waals surface area (Å²) >= 11 is 12.1. The van der Waals surface area contributed by atoms with Gasteiger partial charge in [0.05, 0.1) is 7.11 Å². The molecule has 1 atom stereocenters. The minimum Gasteiger partial charge on any atom is -0.496 e. The highest BCUT2D eigenvalue weighted by atomic mass is 35.5. The molecule has 0 saturated heterocycles. The predicted octanol–water partition coefficient (Wildman–Crippen LogP) is 5.13. The summed E-state index contributed by atoms with van der Waals surface area (Å²) in [7, 11) is 1.63. The first-order valence-electron chi connectivity index (χ1n) is 6.75. The fraction of sp³-hybridized carbons (Fsp3) is 0.294. The normalized spacial score (nSPS) is 12.2. The Hall–Kier alpha value is -1.25. The lowest BCUT2D eigenvalue weighted by atomic mass is 9.93. The number of halogens is 3. The summed E-state index contributed by atoms with van der Waals surface area (Å²) in [5.41, 5.74) is 1.97. The van der Waals surface area contributed by atoms with Gasteiger partial charge in [-0.2, -0.15) is 0 Å². The molecular formula is C17H17Cl2FO. The summed E-state index contributed by atoms with van der Waals surface area (Å²) in [6.45, 7) is 0. The average molecular weight is 327 g/mol. The average Bonchev–Trinajstić information content (AvgIpc) is 2.47. The van der Waals surface area contributed by atoms with Crippen molar-refractivity contribution < 1.29 is 9.13 Å². The molecule has 1 unspecified atom stereocenters. The van der Waals surface area contributed by atoms with Gasteiger partial charge in [0.15, 0.2) is 0 Å². The van der Waals surface area contributed by atoms with Crippen molar-refractivity contribution in [1.29, 1.82) is 0 Å². The maximum absolute atomic E-state index is 13.2. The molecule has 0 saturated carbocycles. The van der Waals surface area contributed by atoms with Gasteiger partial charge in [-0.3, -0.25) is 0 Å². The van der Waals surface area contributed by atoms with Crippen LogP contribution < -0.4 is 4.74 Å². The van der Waals surface area contributed by atoms with E-state index in [4.69, 9.17) is 27.9 Å². The summed E-state index contributed by atoms with van der Waals surface area (Å²) in [5, 5.41) is 0.671. The van der Waals surface area contributed by atoms with Gasteiger partial charge < -0.3 is 4.74 Å². The molecule has 1 nitrogen and oxygen atoms in total. The van der Waals surface area contributed by atoms with Crippen molar-refractivity contribution in [1.82, 2.24) is 0 Å². The van der Waals surface area contributed by atoms with E-state index < -0.39 is 0 Å². The lowest BCUT2D eigenvalue weighted by molar-refractivity contribution is 0.405. The van der Waals surface area contributed by atoms with Crippen molar-refractivity contribution in [3.63, 3.8) is 0 Å². The van der Waals surface area contributed by atoms with E-state index in [0.29, 0.717) is 10.9 Å². The molecule has 0 bridgehead atoms. The first kappa shape index (κ1) is 16.1. The zero-order chi connectivity index (χ0) is 15.2. The van der Waals surface area contributed by atoms with E-state index in [1.807, 2.05) is 18.2 Å². The number of alkyl halides is 1. The molecule has 0 heterocycles. The molecule has 0 spiro atoms. The molecule has 0 aromatic heterocycles. The second kappa shape index (κ2) is 7.67. The monoisotopic (exact) mass is 326 g/mol. The lowest BCUT2D eigenvalue weighted by Crippen LogP contribution is -2.11. The van der Waals surface area contributed by atoms with E-state index >= 15 is 0 Å². The minimum absolute atomic E-state index is 0.195. The maximum atomic E-state index is 13.2. The van der Waals surface area contributed by atoms with Gasteiger partial charge in [-0.05, 0) is 60.2 Å². The molecule has 21 heavy (non-hydrogen) atoms. The summed E-state index contributed by atoms with van der Waals surface area (Å²) in [5.74, 6) is 1.27. The van der Waals surface area contributed by atoms with Crippen LogP contribution in [-0.4, -0.2) is 13.0 Å². The molecule has 2 rings (SSSR count). The van der Waals surface area contributed by atoms with E-state index in [9.17, 15) is 4.39 Å². The molecular weight excluding hydrogens is 310 g/mol. The zero-order valence-corrected chi connectivity index (χ0v) is 13.3. The Morgan fingerprint density at radius 2 is 1.95 bits per heavy atom. The second-order valence-electron chi connectivity index (χ2n) is 5.01. The van der Waals surface area contributed by atoms with E-state index in [0.717, 1.165) is 29.7 Å². The highest BCUT2D eigenvalue weighted by Gasteiger charge is 2.14. The number of ether oxygens (including phenoxy) is 1. The second-order valence-corrected chi connectivity index (χ2v) is 5.76. The van der Waals surface area contributed by atoms with Crippen LogP contribution in [0.15, 0.2) is 42.5 Å². The molecule has 0 amide bonds. The van der Waals surface area contributed by atoms with Crippen molar-refractivity contribution in [3.05, 3.63) is 64.4 Å². The van der Waals surface area contributed by atoms with Crippen molar-refractivity contribution in [2.24, 2.45) is 5.92 Å². The molecule has 0 radical (unpaired) electrons. The standard InChI is InChI=1S/C17H17Cl2FO/c1-21-17-6-5-15(19)10-14(17)8-13(11-18)7-12-3-2-4-16(20)9-12/h2-6,9-10,13H,7-8,11H2,1H3. The van der Waals surface area contributed by atoms with Crippen LogP contribution in [0, 0.1) is 11.7 Å². The van der Waals surface area contributed by atoms with E-state index in [1.54, 1.807) is 25.3 Å². The summed E-state index contributed by atoms with van der Waals surface area (Å²) in [4.78, 5) is 0. The summed E-state index contributed by atoms with van der Waals surface area (Å²) < 4.78 is 18.6. The van der Waals surface area contributed by atoms with Gasteiger partial charge in [0.1, 0.15) is 11.6 Å². The van der Waals surface area contributed by atoms with Crippen LogP contribution in [0.1, 0.15) is 11.1 Å². The van der Waals surface area contributed by atoms with E-state index in [-0.39, 0.29) is 11.7 Å². The Balaban J connectivity index is 2.14. The van der Waals surface area contributed by atoms with Gasteiger partial charge in [0, 0.05) is 10.9 Å². The first-order chi connectivity index (χ1) is 10.1. The maximum Gasteiger partial charge on any atom is 0.123 e. The van der Waals surface area contributed by atoms with Gasteiger partial charge in [-0.25, -0.2) is 4.39 Å². The van der Waals surface area contributed by atoms with Crippen LogP contribution in [0.4, 0.5) is 4.39 Å². The van der Waals surface area contributed by atoms with Crippen LogP contribution in [0.25, 0.3) is 0 Å². The minimum atomic E-state index is -0.221. The number of benzene rings is 2. The van der Waals surface area contributed by atoms with Crippen LogP contribution >= 0.6 is 23.2 Å². The predicted molar refractivity (Wildman–Crippen MR) is 86.0 cm³/mol. The van der Waals surface area contributed by atoms with Gasteiger partial charge in [0.2, 0.25) is 0 Å². The lowest BCUT2D eigenvalue weighted by Gasteiger charge is -2.16. The Morgan fingerprint density at radius 1 is 1.14 bits per heavy atom. The fourth-order valence-electron chi connectivity index (χ4n) is 2.40. The highest BCUT2D eigenvalue weighted by molar-refractivity contribution is 6.30. The third-order valence-electron chi connectivity index (χ3n) is 3.38. The molecule has 0 aliphatic rings. The number of hydrogen-bond acceptors (Lipinski definition) is 1. The smallest absolute Gasteiger partial charge is 0.123 e. The van der Waals surface area contributed by atoms with Crippen molar-refractivity contribution in [2.75, 3.05) is 13.0 Å². The largest absolute Gasteiger partial charge is 0.496 e. The Morgan fingerprint density at radius 3 is 2.62 bits per heavy atom. The number of rotatable bonds is 6. The molecule has 0 fully saturated rings. The van der Waals surface area contributed by atoms with Crippen LogP contribution in [0.2, 0.25) is 5.02 Å². The number of methoxy groups -OCH3 is 1. The third kappa shape index (κ3) is 4.62. The van der Waals surface area contributed by atoms with E-state index in [1.165, 1.54) is 6.07 Å². The van der Waals surface area contributed by atoms with Gasteiger partial charge in [-0.15, -0.1) is 11.6 Å². The van der Waals surface area contributed by atoms with Gasteiger partial charge >= 0.3 is 0 Å². The molecule has 0 aliphatic heterocycles. The summed E-state index contributed by atoms with van der Waals surface area (Å²) in [6.07, 6.45) is 1.46. The molecule has 2 aromatic rings. The third-order valence-corrected chi connectivity index (χ3v) is 4.05. The molecule has 4 heteroatoms. The Bertz CT molecular complexity index is 601. The van der Waals surface area contributed by atoms with Gasteiger partial charge in [0.25, 0.3) is 0 Å². The van der Waals surface area contributed by atoms with Crippen molar-refractivity contribution in [3.8, 4) is 5.75 Å². The molecule has 0 aliphatic carbocycles. The van der Waals surface area contributed by atoms with E-state index in [2.05, 4.69) is 0 Å². The van der Waals surface area contributed by atoms with Crippen molar-refractivity contribution >= 4 is 23.2 Å². The fourth-order valence-corrected chi connectivity index (χ4v) is 2.81. The summed E-state index contributed by atoms with van der Waals surface area (Å²) in [6, 6.07) is 12.2. The molecule has 0 N–H and O–H groups in total.